The molecule has 0 atom stereocenters. The van der Waals surface area contributed by atoms with Gasteiger partial charge in [-0.25, -0.2) is 18.3 Å². The van der Waals surface area contributed by atoms with Gasteiger partial charge in [-0.05, 0) is 24.3 Å². The van der Waals surface area contributed by atoms with Crippen LogP contribution in [0, 0.1) is 0 Å². The summed E-state index contributed by atoms with van der Waals surface area (Å²) in [4.78, 5) is 23.7. The van der Waals surface area contributed by atoms with Gasteiger partial charge in [0.15, 0.2) is 5.69 Å². The topological polar surface area (TPSA) is 75.4 Å². The van der Waals surface area contributed by atoms with E-state index in [0.29, 0.717) is 10.9 Å². The number of halogens is 5. The fourth-order valence-electron chi connectivity index (χ4n) is 2.23. The standard InChI is InChI=1S/C15H12F5N3O3/c1-22(7-11(16)17)13(24)8-2-4-9(5-3-8)23-12(15(18,19)20)10(6-21-23)14(25)26/h2-6,11H,7H2,1H3,(H,25,26). The second-order valence-corrected chi connectivity index (χ2v) is 5.25. The normalized spacial score (nSPS) is 11.7. The van der Waals surface area contributed by atoms with Crippen LogP contribution in [0.1, 0.15) is 26.4 Å². The van der Waals surface area contributed by atoms with E-state index in [-0.39, 0.29) is 11.3 Å². The molecule has 1 amide bonds. The number of nitrogens with zero attached hydrogens (tertiary/aromatic N) is 3. The highest BCUT2D eigenvalue weighted by atomic mass is 19.4. The lowest BCUT2D eigenvalue weighted by atomic mass is 10.1. The Morgan fingerprint density at radius 3 is 2.27 bits per heavy atom. The zero-order valence-corrected chi connectivity index (χ0v) is 13.2. The molecule has 1 aromatic carbocycles. The maximum Gasteiger partial charge on any atom is 0.434 e. The predicted molar refractivity (Wildman–Crippen MR) is 78.5 cm³/mol. The van der Waals surface area contributed by atoms with Crippen molar-refractivity contribution < 1.29 is 36.6 Å². The minimum absolute atomic E-state index is 0.0175. The van der Waals surface area contributed by atoms with Crippen molar-refractivity contribution in [1.29, 1.82) is 0 Å². The smallest absolute Gasteiger partial charge is 0.434 e. The number of benzene rings is 1. The molecule has 0 aliphatic heterocycles. The molecule has 0 aliphatic carbocycles. The molecule has 2 aromatic rings. The molecule has 1 aromatic heterocycles. The molecule has 0 fully saturated rings. The monoisotopic (exact) mass is 377 g/mol. The Morgan fingerprint density at radius 2 is 1.81 bits per heavy atom. The minimum atomic E-state index is -4.98. The molecular weight excluding hydrogens is 365 g/mol. The Balaban J connectivity index is 2.38. The van der Waals surface area contributed by atoms with E-state index in [4.69, 9.17) is 5.11 Å². The van der Waals surface area contributed by atoms with Gasteiger partial charge >= 0.3 is 12.1 Å². The van der Waals surface area contributed by atoms with E-state index in [0.717, 1.165) is 36.2 Å². The summed E-state index contributed by atoms with van der Waals surface area (Å²) in [7, 11) is 1.16. The Morgan fingerprint density at radius 1 is 1.23 bits per heavy atom. The summed E-state index contributed by atoms with van der Waals surface area (Å²) in [6, 6.07) is 4.50. The zero-order chi connectivity index (χ0) is 19.6. The van der Waals surface area contributed by atoms with Gasteiger partial charge in [0.2, 0.25) is 0 Å². The van der Waals surface area contributed by atoms with Gasteiger partial charge in [0, 0.05) is 12.6 Å². The van der Waals surface area contributed by atoms with Gasteiger partial charge < -0.3 is 10.0 Å². The van der Waals surface area contributed by atoms with Crippen molar-refractivity contribution in [3.63, 3.8) is 0 Å². The third-order valence-electron chi connectivity index (χ3n) is 3.39. The minimum Gasteiger partial charge on any atom is -0.478 e. The van der Waals surface area contributed by atoms with Crippen LogP contribution < -0.4 is 0 Å². The first-order chi connectivity index (χ1) is 12.0. The fourth-order valence-corrected chi connectivity index (χ4v) is 2.23. The maximum absolute atomic E-state index is 13.2. The molecule has 0 saturated carbocycles. The molecule has 1 heterocycles. The molecule has 0 spiro atoms. The predicted octanol–water partition coefficient (Wildman–Crippen LogP) is 2.93. The summed E-state index contributed by atoms with van der Waals surface area (Å²) in [5.41, 5.74) is -2.65. The van der Waals surface area contributed by atoms with E-state index in [9.17, 15) is 31.5 Å². The second-order valence-electron chi connectivity index (χ2n) is 5.25. The van der Waals surface area contributed by atoms with Crippen molar-refractivity contribution in [2.75, 3.05) is 13.6 Å². The lowest BCUT2D eigenvalue weighted by Crippen LogP contribution is -2.31. The average Bonchev–Trinajstić information content (AvgIpc) is 2.99. The van der Waals surface area contributed by atoms with Crippen molar-refractivity contribution in [2.45, 2.75) is 12.6 Å². The van der Waals surface area contributed by atoms with Gasteiger partial charge in [0.1, 0.15) is 5.56 Å². The first-order valence-corrected chi connectivity index (χ1v) is 7.05. The summed E-state index contributed by atoms with van der Waals surface area (Å²) in [5, 5.41) is 12.3. The number of hydrogen-bond acceptors (Lipinski definition) is 3. The number of amides is 1. The van der Waals surface area contributed by atoms with Crippen molar-refractivity contribution in [3.8, 4) is 5.69 Å². The molecule has 6 nitrogen and oxygen atoms in total. The second kappa shape index (κ2) is 7.10. The van der Waals surface area contributed by atoms with Gasteiger partial charge in [-0.2, -0.15) is 18.3 Å². The molecule has 140 valence electrons. The van der Waals surface area contributed by atoms with E-state index in [1.165, 1.54) is 0 Å². The van der Waals surface area contributed by atoms with Crippen LogP contribution in [-0.4, -0.2) is 51.7 Å². The van der Waals surface area contributed by atoms with Crippen LogP contribution >= 0.6 is 0 Å². The number of hydrogen-bond donors (Lipinski definition) is 1. The highest BCUT2D eigenvalue weighted by Gasteiger charge is 2.40. The van der Waals surface area contributed by atoms with E-state index in [1.54, 1.807) is 0 Å². The summed E-state index contributed by atoms with van der Waals surface area (Å²) in [6.45, 7) is -0.792. The lowest BCUT2D eigenvalue weighted by molar-refractivity contribution is -0.143. The molecule has 1 N–H and O–H groups in total. The van der Waals surface area contributed by atoms with Gasteiger partial charge in [-0.15, -0.1) is 0 Å². The molecule has 2 rings (SSSR count). The average molecular weight is 377 g/mol. The molecule has 26 heavy (non-hydrogen) atoms. The number of aromatic nitrogens is 2. The number of carboxylic acid groups (broad SMARTS) is 1. The molecule has 0 aliphatic rings. The van der Waals surface area contributed by atoms with E-state index in [1.807, 2.05) is 0 Å². The highest BCUT2D eigenvalue weighted by molar-refractivity contribution is 5.94. The van der Waals surface area contributed by atoms with Crippen LogP contribution in [0.15, 0.2) is 30.5 Å². The fraction of sp³-hybridized carbons (Fsp3) is 0.267. The summed E-state index contributed by atoms with van der Waals surface area (Å²) in [5.74, 6) is -2.52. The lowest BCUT2D eigenvalue weighted by Gasteiger charge is -2.17. The van der Waals surface area contributed by atoms with Crippen LogP contribution in [0.4, 0.5) is 22.0 Å². The van der Waals surface area contributed by atoms with Crippen LogP contribution in [0.2, 0.25) is 0 Å². The number of carbonyl (C=O) groups is 2. The van der Waals surface area contributed by atoms with Gasteiger partial charge in [-0.3, -0.25) is 4.79 Å². The third-order valence-corrected chi connectivity index (χ3v) is 3.39. The Bertz CT molecular complexity index is 815. The first-order valence-electron chi connectivity index (χ1n) is 7.05. The summed E-state index contributed by atoms with van der Waals surface area (Å²) < 4.78 is 64.5. The number of rotatable bonds is 5. The molecule has 0 bridgehead atoms. The van der Waals surface area contributed by atoms with Gasteiger partial charge in [-0.1, -0.05) is 0 Å². The molecule has 0 radical (unpaired) electrons. The Hall–Kier alpha value is -2.98. The van der Waals surface area contributed by atoms with E-state index in [2.05, 4.69) is 5.10 Å². The van der Waals surface area contributed by atoms with Crippen LogP contribution in [0.5, 0.6) is 0 Å². The van der Waals surface area contributed by atoms with Crippen molar-refractivity contribution >= 4 is 11.9 Å². The van der Waals surface area contributed by atoms with Gasteiger partial charge in [0.25, 0.3) is 12.3 Å². The quantitative estimate of drug-likeness (QED) is 0.813. The maximum atomic E-state index is 13.2. The van der Waals surface area contributed by atoms with E-state index < -0.39 is 42.3 Å². The van der Waals surface area contributed by atoms with Crippen molar-refractivity contribution in [3.05, 3.63) is 47.3 Å². The van der Waals surface area contributed by atoms with Crippen LogP contribution in [0.25, 0.3) is 5.69 Å². The Labute approximate surface area is 143 Å². The number of aromatic carboxylic acids is 1. The van der Waals surface area contributed by atoms with Crippen molar-refractivity contribution in [2.24, 2.45) is 0 Å². The molecule has 0 unspecified atom stereocenters. The number of alkyl halides is 5. The molecule has 0 saturated heterocycles. The van der Waals surface area contributed by atoms with Crippen molar-refractivity contribution in [1.82, 2.24) is 14.7 Å². The number of carboxylic acids is 1. The van der Waals surface area contributed by atoms with Crippen LogP contribution in [0.3, 0.4) is 0 Å². The SMILES string of the molecule is CN(CC(F)F)C(=O)c1ccc(-n2ncc(C(=O)O)c2C(F)(F)F)cc1. The van der Waals surface area contributed by atoms with E-state index >= 15 is 0 Å². The molecule has 11 heteroatoms. The zero-order valence-electron chi connectivity index (χ0n) is 13.2. The molecular formula is C15H12F5N3O3. The largest absolute Gasteiger partial charge is 0.478 e. The number of carbonyl (C=O) groups excluding carboxylic acids is 1. The third kappa shape index (κ3) is 3.98. The first kappa shape index (κ1) is 19.3. The highest BCUT2D eigenvalue weighted by Crippen LogP contribution is 2.33. The Kier molecular flexibility index (Phi) is 5.28. The summed E-state index contributed by atoms with van der Waals surface area (Å²) in [6.07, 6.45) is -7.13. The summed E-state index contributed by atoms with van der Waals surface area (Å²) >= 11 is 0. The van der Waals surface area contributed by atoms with Crippen LogP contribution in [-0.2, 0) is 6.18 Å². The van der Waals surface area contributed by atoms with Gasteiger partial charge in [0.05, 0.1) is 18.4 Å².